The van der Waals surface area contributed by atoms with Crippen LogP contribution in [0.15, 0.2) is 60.9 Å². The van der Waals surface area contributed by atoms with Crippen molar-refractivity contribution in [1.82, 2.24) is 25.5 Å². The highest BCUT2D eigenvalue weighted by molar-refractivity contribution is 5.97. The lowest BCUT2D eigenvalue weighted by molar-refractivity contribution is -0.143. The molecule has 0 aliphatic heterocycles. The topological polar surface area (TPSA) is 99.0 Å². The summed E-state index contributed by atoms with van der Waals surface area (Å²) in [6.45, 7) is 0. The molecule has 0 spiro atoms. The fourth-order valence-corrected chi connectivity index (χ4v) is 2.33. The maximum atomic E-state index is 12.6. The number of benzene rings is 2. The minimum absolute atomic E-state index is 0.373. The normalized spacial score (nSPS) is 11.6. The van der Waals surface area contributed by atoms with Crippen molar-refractivity contribution in [2.45, 2.75) is 6.04 Å². The lowest BCUT2D eigenvalue weighted by Gasteiger charge is -2.17. The zero-order chi connectivity index (χ0) is 17.6. The first kappa shape index (κ1) is 16.3. The first-order valence-corrected chi connectivity index (χ1v) is 7.46. The Morgan fingerprint density at radius 1 is 1.12 bits per heavy atom. The number of methoxy groups -OCH3 is 1. The second-order valence-corrected chi connectivity index (χ2v) is 5.15. The minimum atomic E-state index is -0.893. The number of nitrogens with zero attached hydrogens (tertiary/aromatic N) is 4. The van der Waals surface area contributed by atoms with E-state index in [2.05, 4.69) is 20.8 Å². The van der Waals surface area contributed by atoms with Crippen molar-refractivity contribution in [3.8, 4) is 5.69 Å². The smallest absolute Gasteiger partial charge is 0.333 e. The first-order valence-electron chi connectivity index (χ1n) is 7.46. The van der Waals surface area contributed by atoms with Gasteiger partial charge < -0.3 is 10.1 Å². The number of rotatable bonds is 5. The highest BCUT2D eigenvalue weighted by Gasteiger charge is 2.24. The predicted octanol–water partition coefficient (Wildman–Crippen LogP) is 1.31. The number of hydrogen-bond acceptors (Lipinski definition) is 6. The molecule has 25 heavy (non-hydrogen) atoms. The first-order chi connectivity index (χ1) is 12.2. The Labute approximate surface area is 143 Å². The summed E-state index contributed by atoms with van der Waals surface area (Å²) in [5, 5.41) is 13.6. The van der Waals surface area contributed by atoms with Crippen molar-refractivity contribution in [2.24, 2.45) is 0 Å². The van der Waals surface area contributed by atoms with Gasteiger partial charge in [0.05, 0.1) is 12.8 Å². The van der Waals surface area contributed by atoms with E-state index in [0.717, 1.165) is 0 Å². The standard InChI is InChI=1S/C17H15N5O3/c1-25-17(24)15(12-6-3-2-4-7-12)19-16(23)13-8-5-9-14(10-13)22-11-18-20-21-22/h2-11,15H,1H3,(H,19,23)/t15-/m0/s1. The third kappa shape index (κ3) is 3.69. The Hall–Kier alpha value is -3.55. The van der Waals surface area contributed by atoms with Crippen LogP contribution in [0.4, 0.5) is 0 Å². The van der Waals surface area contributed by atoms with Gasteiger partial charge in [-0.25, -0.2) is 9.48 Å². The molecule has 2 aromatic carbocycles. The number of carbonyl (C=O) groups is 2. The van der Waals surface area contributed by atoms with E-state index >= 15 is 0 Å². The van der Waals surface area contributed by atoms with Gasteiger partial charge in [0.25, 0.3) is 5.91 Å². The summed E-state index contributed by atoms with van der Waals surface area (Å²) in [6.07, 6.45) is 1.43. The summed E-state index contributed by atoms with van der Waals surface area (Å²) in [6, 6.07) is 14.8. The zero-order valence-electron chi connectivity index (χ0n) is 13.4. The molecule has 3 rings (SSSR count). The van der Waals surface area contributed by atoms with Gasteiger partial charge in [-0.2, -0.15) is 0 Å². The molecule has 8 nitrogen and oxygen atoms in total. The number of ether oxygens (including phenoxy) is 1. The number of carbonyl (C=O) groups excluding carboxylic acids is 2. The van der Waals surface area contributed by atoms with Gasteiger partial charge in [0.1, 0.15) is 6.33 Å². The molecule has 0 saturated heterocycles. The van der Waals surface area contributed by atoms with Crippen LogP contribution in [0.1, 0.15) is 22.0 Å². The van der Waals surface area contributed by atoms with E-state index in [1.807, 2.05) is 6.07 Å². The Balaban J connectivity index is 1.85. The molecule has 0 unspecified atom stereocenters. The van der Waals surface area contributed by atoms with E-state index in [1.165, 1.54) is 18.1 Å². The van der Waals surface area contributed by atoms with Crippen molar-refractivity contribution >= 4 is 11.9 Å². The van der Waals surface area contributed by atoms with Gasteiger partial charge in [-0.3, -0.25) is 4.79 Å². The maximum absolute atomic E-state index is 12.6. The van der Waals surface area contributed by atoms with E-state index in [9.17, 15) is 9.59 Å². The van der Waals surface area contributed by atoms with Crippen LogP contribution in [-0.2, 0) is 9.53 Å². The molecule has 0 aliphatic carbocycles. The van der Waals surface area contributed by atoms with Crippen molar-refractivity contribution in [2.75, 3.05) is 7.11 Å². The van der Waals surface area contributed by atoms with Gasteiger partial charge in [-0.15, -0.1) is 5.10 Å². The van der Waals surface area contributed by atoms with E-state index in [0.29, 0.717) is 16.8 Å². The van der Waals surface area contributed by atoms with Crippen molar-refractivity contribution < 1.29 is 14.3 Å². The van der Waals surface area contributed by atoms with E-state index in [1.54, 1.807) is 48.5 Å². The summed E-state index contributed by atoms with van der Waals surface area (Å²) in [4.78, 5) is 24.7. The Kier molecular flexibility index (Phi) is 4.79. The molecule has 1 atom stereocenters. The maximum Gasteiger partial charge on any atom is 0.333 e. The number of aromatic nitrogens is 4. The third-order valence-corrected chi connectivity index (χ3v) is 3.57. The fourth-order valence-electron chi connectivity index (χ4n) is 2.33. The van der Waals surface area contributed by atoms with Gasteiger partial charge in [-0.1, -0.05) is 36.4 Å². The third-order valence-electron chi connectivity index (χ3n) is 3.57. The Morgan fingerprint density at radius 2 is 1.92 bits per heavy atom. The Morgan fingerprint density at radius 3 is 2.60 bits per heavy atom. The highest BCUT2D eigenvalue weighted by Crippen LogP contribution is 2.16. The summed E-state index contributed by atoms with van der Waals surface area (Å²) in [5.74, 6) is -0.953. The molecule has 1 N–H and O–H groups in total. The summed E-state index contributed by atoms with van der Waals surface area (Å²) in [5.41, 5.74) is 1.64. The van der Waals surface area contributed by atoms with Crippen LogP contribution < -0.4 is 5.32 Å². The number of esters is 1. The van der Waals surface area contributed by atoms with E-state index in [4.69, 9.17) is 4.74 Å². The molecular weight excluding hydrogens is 322 g/mol. The molecule has 0 radical (unpaired) electrons. The highest BCUT2D eigenvalue weighted by atomic mass is 16.5. The number of hydrogen-bond donors (Lipinski definition) is 1. The lowest BCUT2D eigenvalue weighted by Crippen LogP contribution is -2.34. The second kappa shape index (κ2) is 7.35. The van der Waals surface area contributed by atoms with Crippen molar-refractivity contribution in [3.05, 3.63) is 72.1 Å². The summed E-state index contributed by atoms with van der Waals surface area (Å²) in [7, 11) is 1.28. The minimum Gasteiger partial charge on any atom is -0.467 e. The summed E-state index contributed by atoms with van der Waals surface area (Å²) < 4.78 is 6.24. The van der Waals surface area contributed by atoms with Gasteiger partial charge in [0.2, 0.25) is 0 Å². The number of amides is 1. The van der Waals surface area contributed by atoms with Crippen LogP contribution >= 0.6 is 0 Å². The van der Waals surface area contributed by atoms with Crippen molar-refractivity contribution in [3.63, 3.8) is 0 Å². The monoisotopic (exact) mass is 337 g/mol. The van der Waals surface area contributed by atoms with E-state index < -0.39 is 17.9 Å². The quantitative estimate of drug-likeness (QED) is 0.705. The Bertz CT molecular complexity index is 865. The molecule has 8 heteroatoms. The van der Waals surface area contributed by atoms with Gasteiger partial charge >= 0.3 is 5.97 Å². The molecule has 0 aliphatic rings. The SMILES string of the molecule is COC(=O)[C@@H](NC(=O)c1cccc(-n2cnnn2)c1)c1ccccc1. The lowest BCUT2D eigenvalue weighted by atomic mass is 10.1. The molecule has 3 aromatic rings. The van der Waals surface area contributed by atoms with Crippen LogP contribution in [0.25, 0.3) is 5.69 Å². The number of tetrazole rings is 1. The predicted molar refractivity (Wildman–Crippen MR) is 87.8 cm³/mol. The molecule has 126 valence electrons. The van der Waals surface area contributed by atoms with Crippen LogP contribution in [-0.4, -0.2) is 39.2 Å². The zero-order valence-corrected chi connectivity index (χ0v) is 13.4. The molecule has 1 amide bonds. The molecule has 1 heterocycles. The average molecular weight is 337 g/mol. The van der Waals surface area contributed by atoms with Gasteiger partial charge in [-0.05, 0) is 34.2 Å². The second-order valence-electron chi connectivity index (χ2n) is 5.15. The largest absolute Gasteiger partial charge is 0.467 e. The van der Waals surface area contributed by atoms with Crippen LogP contribution in [0.5, 0.6) is 0 Å². The van der Waals surface area contributed by atoms with E-state index in [-0.39, 0.29) is 0 Å². The van der Waals surface area contributed by atoms with Crippen LogP contribution in [0, 0.1) is 0 Å². The van der Waals surface area contributed by atoms with Crippen molar-refractivity contribution in [1.29, 1.82) is 0 Å². The average Bonchev–Trinajstić information content (AvgIpc) is 3.21. The molecular formula is C17H15N5O3. The molecule has 1 aromatic heterocycles. The van der Waals surface area contributed by atoms with Crippen LogP contribution in [0.3, 0.4) is 0 Å². The molecule has 0 bridgehead atoms. The molecule has 0 saturated carbocycles. The molecule has 0 fully saturated rings. The number of nitrogens with one attached hydrogen (secondary N) is 1. The van der Waals surface area contributed by atoms with Gasteiger partial charge in [0.15, 0.2) is 6.04 Å². The fraction of sp³-hybridized carbons (Fsp3) is 0.118. The summed E-state index contributed by atoms with van der Waals surface area (Å²) >= 11 is 0. The van der Waals surface area contributed by atoms with Gasteiger partial charge in [0, 0.05) is 5.56 Å². The van der Waals surface area contributed by atoms with Crippen LogP contribution in [0.2, 0.25) is 0 Å².